The van der Waals surface area contributed by atoms with Gasteiger partial charge in [0.05, 0.1) is 14.2 Å². The van der Waals surface area contributed by atoms with Crippen molar-refractivity contribution in [3.05, 3.63) is 23.5 Å². The summed E-state index contributed by atoms with van der Waals surface area (Å²) in [5.74, 6) is -0.935. The first-order chi connectivity index (χ1) is 7.81. The minimum Gasteiger partial charge on any atom is -0.493 e. The number of hydrogen-bond donors (Lipinski definition) is 0. The number of rotatable bonds is 3. The van der Waals surface area contributed by atoms with Crippen LogP contribution in [0, 0.1) is 5.82 Å². The van der Waals surface area contributed by atoms with E-state index in [0.717, 1.165) is 12.1 Å². The number of halogens is 5. The minimum atomic E-state index is -4.58. The molecule has 0 N–H and O–H groups in total. The van der Waals surface area contributed by atoms with Crippen LogP contribution in [0.3, 0.4) is 0 Å². The Morgan fingerprint density at radius 3 is 2.00 bits per heavy atom. The molecule has 0 aromatic heterocycles. The van der Waals surface area contributed by atoms with Gasteiger partial charge in [0.15, 0.2) is 11.5 Å². The van der Waals surface area contributed by atoms with E-state index in [0.29, 0.717) is 0 Å². The van der Waals surface area contributed by atoms with E-state index in [4.69, 9.17) is 9.47 Å². The van der Waals surface area contributed by atoms with Crippen molar-refractivity contribution >= 4 is 15.9 Å². The van der Waals surface area contributed by atoms with Crippen molar-refractivity contribution in [1.29, 1.82) is 0 Å². The first-order valence-corrected chi connectivity index (χ1v) is 5.35. The number of benzene rings is 1. The maximum Gasteiger partial charge on any atom is 0.405 e. The van der Waals surface area contributed by atoms with Gasteiger partial charge in [0.2, 0.25) is 0 Å². The highest BCUT2D eigenvalue weighted by molar-refractivity contribution is 9.09. The Bertz CT molecular complexity index is 406. The van der Waals surface area contributed by atoms with Gasteiger partial charge in [-0.15, -0.1) is 0 Å². The molecule has 0 radical (unpaired) electrons. The molecule has 0 aliphatic rings. The molecule has 0 heterocycles. The molecule has 0 saturated carbocycles. The second-order valence-electron chi connectivity index (χ2n) is 3.13. The zero-order valence-corrected chi connectivity index (χ0v) is 10.5. The molecule has 1 aromatic rings. The Morgan fingerprint density at radius 2 is 1.59 bits per heavy atom. The Hall–Kier alpha value is -0.980. The fraction of sp³-hybridized carbons (Fsp3) is 0.400. The van der Waals surface area contributed by atoms with E-state index in [1.165, 1.54) is 14.2 Å². The average Bonchev–Trinajstić information content (AvgIpc) is 2.26. The van der Waals surface area contributed by atoms with Gasteiger partial charge >= 0.3 is 6.18 Å². The largest absolute Gasteiger partial charge is 0.493 e. The van der Waals surface area contributed by atoms with E-state index in [-0.39, 0.29) is 11.5 Å². The molecule has 0 amide bonds. The molecule has 0 spiro atoms. The molecule has 0 aliphatic carbocycles. The lowest BCUT2D eigenvalue weighted by atomic mass is 10.1. The molecule has 17 heavy (non-hydrogen) atoms. The molecule has 0 aliphatic heterocycles. The van der Waals surface area contributed by atoms with Crippen molar-refractivity contribution in [2.75, 3.05) is 14.2 Å². The maximum atomic E-state index is 13.5. The predicted molar refractivity (Wildman–Crippen MR) is 57.2 cm³/mol. The summed E-state index contributed by atoms with van der Waals surface area (Å²) in [5.41, 5.74) is -0.546. The topological polar surface area (TPSA) is 18.5 Å². The molecule has 1 rings (SSSR count). The highest BCUT2D eigenvalue weighted by atomic mass is 79.9. The van der Waals surface area contributed by atoms with Crippen LogP contribution in [0.15, 0.2) is 12.1 Å². The van der Waals surface area contributed by atoms with Crippen LogP contribution in [0.25, 0.3) is 0 Å². The lowest BCUT2D eigenvalue weighted by Crippen LogP contribution is -2.16. The highest BCUT2D eigenvalue weighted by Gasteiger charge is 2.40. The summed E-state index contributed by atoms with van der Waals surface area (Å²) in [6.45, 7) is 0. The summed E-state index contributed by atoms with van der Waals surface area (Å²) in [6, 6.07) is 1.81. The summed E-state index contributed by atoms with van der Waals surface area (Å²) in [6.07, 6.45) is -4.58. The molecule has 0 bridgehead atoms. The molecule has 1 aromatic carbocycles. The Labute approximate surface area is 104 Å². The minimum absolute atomic E-state index is 0.0376. The van der Waals surface area contributed by atoms with Crippen LogP contribution in [0.1, 0.15) is 10.4 Å². The van der Waals surface area contributed by atoms with Crippen LogP contribution in [-0.4, -0.2) is 20.4 Å². The first-order valence-electron chi connectivity index (χ1n) is 4.43. The Kier molecular flexibility index (Phi) is 4.24. The van der Waals surface area contributed by atoms with E-state index in [2.05, 4.69) is 15.9 Å². The van der Waals surface area contributed by atoms with E-state index in [1.54, 1.807) is 0 Å². The van der Waals surface area contributed by atoms with Gasteiger partial charge in [-0.3, -0.25) is 0 Å². The van der Waals surface area contributed by atoms with E-state index >= 15 is 0 Å². The van der Waals surface area contributed by atoms with Crippen LogP contribution in [-0.2, 0) is 0 Å². The number of ether oxygens (including phenoxy) is 2. The van der Waals surface area contributed by atoms with Gasteiger partial charge in [-0.05, 0) is 6.07 Å². The third kappa shape index (κ3) is 3.02. The lowest BCUT2D eigenvalue weighted by molar-refractivity contribution is -0.128. The SMILES string of the molecule is COc1cc(F)c(C(Br)C(F)(F)F)cc1OC. The van der Waals surface area contributed by atoms with E-state index in [1.807, 2.05) is 0 Å². The molecule has 7 heteroatoms. The van der Waals surface area contributed by atoms with Gasteiger partial charge < -0.3 is 9.47 Å². The number of alkyl halides is 4. The lowest BCUT2D eigenvalue weighted by Gasteiger charge is -2.17. The molecule has 1 atom stereocenters. The van der Waals surface area contributed by atoms with Gasteiger partial charge in [0.1, 0.15) is 10.6 Å². The molecular formula is C10H9BrF4O2. The third-order valence-electron chi connectivity index (χ3n) is 2.06. The predicted octanol–water partition coefficient (Wildman–Crippen LogP) is 3.84. The second-order valence-corrected chi connectivity index (χ2v) is 4.05. The van der Waals surface area contributed by atoms with E-state index in [9.17, 15) is 17.6 Å². The van der Waals surface area contributed by atoms with Crippen LogP contribution in [0.5, 0.6) is 11.5 Å². The third-order valence-corrected chi connectivity index (χ3v) is 3.08. The zero-order chi connectivity index (χ0) is 13.2. The van der Waals surface area contributed by atoms with Crippen molar-refractivity contribution in [2.45, 2.75) is 11.0 Å². The zero-order valence-electron chi connectivity index (χ0n) is 8.94. The second kappa shape index (κ2) is 5.12. The van der Waals surface area contributed by atoms with Gasteiger partial charge in [0, 0.05) is 11.6 Å². The smallest absolute Gasteiger partial charge is 0.405 e. The molecule has 0 saturated heterocycles. The fourth-order valence-electron chi connectivity index (χ4n) is 1.24. The normalized spacial score (nSPS) is 13.4. The number of methoxy groups -OCH3 is 2. The maximum absolute atomic E-state index is 13.5. The average molecular weight is 317 g/mol. The van der Waals surface area contributed by atoms with E-state index < -0.39 is 22.4 Å². The van der Waals surface area contributed by atoms with Crippen molar-refractivity contribution in [3.8, 4) is 11.5 Å². The Morgan fingerprint density at radius 1 is 1.12 bits per heavy atom. The molecule has 2 nitrogen and oxygen atoms in total. The molecule has 1 unspecified atom stereocenters. The monoisotopic (exact) mass is 316 g/mol. The van der Waals surface area contributed by atoms with Crippen molar-refractivity contribution < 1.29 is 27.0 Å². The van der Waals surface area contributed by atoms with Gasteiger partial charge in [0.25, 0.3) is 0 Å². The highest BCUT2D eigenvalue weighted by Crippen LogP contribution is 2.43. The van der Waals surface area contributed by atoms with Crippen LogP contribution >= 0.6 is 15.9 Å². The Balaban J connectivity index is 3.26. The quantitative estimate of drug-likeness (QED) is 0.623. The summed E-state index contributed by atoms with van der Waals surface area (Å²) in [4.78, 5) is -2.09. The van der Waals surface area contributed by atoms with Gasteiger partial charge in [-0.1, -0.05) is 15.9 Å². The van der Waals surface area contributed by atoms with Crippen molar-refractivity contribution in [1.82, 2.24) is 0 Å². The number of hydrogen-bond acceptors (Lipinski definition) is 2. The summed E-state index contributed by atoms with van der Waals surface area (Å²) < 4.78 is 60.4. The van der Waals surface area contributed by atoms with Crippen LogP contribution in [0.4, 0.5) is 17.6 Å². The molecular weight excluding hydrogens is 308 g/mol. The fourth-order valence-corrected chi connectivity index (χ4v) is 1.59. The van der Waals surface area contributed by atoms with Crippen molar-refractivity contribution in [2.24, 2.45) is 0 Å². The summed E-state index contributed by atoms with van der Waals surface area (Å²) in [5, 5.41) is 0. The summed E-state index contributed by atoms with van der Waals surface area (Å²) >= 11 is 2.41. The van der Waals surface area contributed by atoms with Crippen molar-refractivity contribution in [3.63, 3.8) is 0 Å². The van der Waals surface area contributed by atoms with Gasteiger partial charge in [-0.25, -0.2) is 4.39 Å². The van der Waals surface area contributed by atoms with Crippen LogP contribution < -0.4 is 9.47 Å². The first kappa shape index (κ1) is 14.1. The van der Waals surface area contributed by atoms with Gasteiger partial charge in [-0.2, -0.15) is 13.2 Å². The standard InChI is InChI=1S/C10H9BrF4O2/c1-16-7-3-5(9(11)10(13,14)15)6(12)4-8(7)17-2/h3-4,9H,1-2H3. The molecule has 96 valence electrons. The summed E-state index contributed by atoms with van der Waals surface area (Å²) in [7, 11) is 2.53. The molecule has 0 fully saturated rings. The van der Waals surface area contributed by atoms with Crippen LogP contribution in [0.2, 0.25) is 0 Å².